The number of nitriles is 1. The number of nitrogens with zero attached hydrogens (tertiary/aromatic N) is 1. The molecule has 1 fully saturated rings. The van der Waals surface area contributed by atoms with E-state index in [2.05, 4.69) is 18.3 Å². The van der Waals surface area contributed by atoms with E-state index < -0.39 is 0 Å². The average molecular weight is 280 g/mol. The summed E-state index contributed by atoms with van der Waals surface area (Å²) in [6, 6.07) is 2.40. The Kier molecular flexibility index (Phi) is 8.89. The summed E-state index contributed by atoms with van der Waals surface area (Å²) in [6.07, 6.45) is 11.0. The molecule has 1 saturated carbocycles. The molecule has 3 heteroatoms. The van der Waals surface area contributed by atoms with Gasteiger partial charge in [-0.15, -0.1) is 0 Å². The van der Waals surface area contributed by atoms with Crippen LogP contribution in [0.25, 0.3) is 0 Å². The number of hydrogen-bond acceptors (Lipinski definition) is 3. The SMILES string of the molecule is CCCNC(C)(C#N)CCCCOCC1CCCCC1. The van der Waals surface area contributed by atoms with Gasteiger partial charge in [0, 0.05) is 13.2 Å². The maximum absolute atomic E-state index is 9.24. The first kappa shape index (κ1) is 17.5. The highest BCUT2D eigenvalue weighted by Crippen LogP contribution is 2.23. The second-order valence-corrected chi connectivity index (χ2v) is 6.41. The van der Waals surface area contributed by atoms with Gasteiger partial charge in [-0.1, -0.05) is 26.2 Å². The van der Waals surface area contributed by atoms with E-state index in [0.29, 0.717) is 0 Å². The van der Waals surface area contributed by atoms with E-state index >= 15 is 0 Å². The Morgan fingerprint density at radius 3 is 2.65 bits per heavy atom. The van der Waals surface area contributed by atoms with Gasteiger partial charge in [0.1, 0.15) is 5.54 Å². The quantitative estimate of drug-likeness (QED) is 0.614. The molecule has 3 nitrogen and oxygen atoms in total. The summed E-state index contributed by atoms with van der Waals surface area (Å²) in [5, 5.41) is 12.6. The van der Waals surface area contributed by atoms with Gasteiger partial charge in [0.05, 0.1) is 6.07 Å². The molecule has 0 heterocycles. The first-order valence-electron chi connectivity index (χ1n) is 8.44. The summed E-state index contributed by atoms with van der Waals surface area (Å²) in [5.41, 5.74) is -0.362. The standard InChI is InChI=1S/C17H32N2O/c1-3-12-19-17(2,15-18)11-7-8-13-20-14-16-9-5-4-6-10-16/h16,19H,3-14H2,1-2H3. The zero-order valence-electron chi connectivity index (χ0n) is 13.4. The smallest absolute Gasteiger partial charge is 0.103 e. The number of rotatable bonds is 10. The van der Waals surface area contributed by atoms with Gasteiger partial charge in [-0.25, -0.2) is 0 Å². The molecule has 0 amide bonds. The van der Waals surface area contributed by atoms with E-state index in [4.69, 9.17) is 4.74 Å². The minimum absolute atomic E-state index is 0.362. The van der Waals surface area contributed by atoms with E-state index in [1.54, 1.807) is 0 Å². The first-order valence-corrected chi connectivity index (χ1v) is 8.44. The molecule has 1 aliphatic rings. The van der Waals surface area contributed by atoms with Crippen LogP contribution in [0.3, 0.4) is 0 Å². The Bertz CT molecular complexity index is 281. The lowest BCUT2D eigenvalue weighted by Gasteiger charge is -2.23. The second-order valence-electron chi connectivity index (χ2n) is 6.41. The predicted octanol–water partition coefficient (Wildman–Crippen LogP) is 4.04. The molecule has 1 rings (SSSR count). The van der Waals surface area contributed by atoms with Crippen molar-refractivity contribution >= 4 is 0 Å². The summed E-state index contributed by atoms with van der Waals surface area (Å²) in [5.74, 6) is 0.805. The second kappa shape index (κ2) is 10.2. The van der Waals surface area contributed by atoms with Gasteiger partial charge in [0.25, 0.3) is 0 Å². The third-order valence-electron chi connectivity index (χ3n) is 4.31. The maximum Gasteiger partial charge on any atom is 0.103 e. The highest BCUT2D eigenvalue weighted by atomic mass is 16.5. The average Bonchev–Trinajstić information content (AvgIpc) is 2.50. The molecule has 20 heavy (non-hydrogen) atoms. The largest absolute Gasteiger partial charge is 0.381 e. The fraction of sp³-hybridized carbons (Fsp3) is 0.941. The van der Waals surface area contributed by atoms with E-state index in [0.717, 1.165) is 51.4 Å². The fourth-order valence-corrected chi connectivity index (χ4v) is 2.87. The molecule has 0 aromatic rings. The summed E-state index contributed by atoms with van der Waals surface area (Å²) < 4.78 is 5.80. The highest BCUT2D eigenvalue weighted by Gasteiger charge is 2.21. The van der Waals surface area contributed by atoms with Crippen molar-refractivity contribution in [3.8, 4) is 6.07 Å². The van der Waals surface area contributed by atoms with Crippen LogP contribution >= 0.6 is 0 Å². The van der Waals surface area contributed by atoms with Crippen molar-refractivity contribution in [1.29, 1.82) is 5.26 Å². The Hall–Kier alpha value is -0.590. The normalized spacial score (nSPS) is 19.4. The van der Waals surface area contributed by atoms with Crippen LogP contribution in [0.5, 0.6) is 0 Å². The van der Waals surface area contributed by atoms with Crippen molar-refractivity contribution in [3.63, 3.8) is 0 Å². The van der Waals surface area contributed by atoms with Crippen molar-refractivity contribution in [2.24, 2.45) is 5.92 Å². The minimum Gasteiger partial charge on any atom is -0.381 e. The van der Waals surface area contributed by atoms with Crippen molar-refractivity contribution in [1.82, 2.24) is 5.32 Å². The van der Waals surface area contributed by atoms with Crippen molar-refractivity contribution in [2.75, 3.05) is 19.8 Å². The van der Waals surface area contributed by atoms with E-state index in [1.807, 2.05) is 6.92 Å². The summed E-state index contributed by atoms with van der Waals surface area (Å²) in [6.45, 7) is 6.85. The summed E-state index contributed by atoms with van der Waals surface area (Å²) >= 11 is 0. The van der Waals surface area contributed by atoms with Crippen molar-refractivity contribution in [3.05, 3.63) is 0 Å². The van der Waals surface area contributed by atoms with Crippen LogP contribution < -0.4 is 5.32 Å². The third-order valence-corrected chi connectivity index (χ3v) is 4.31. The lowest BCUT2D eigenvalue weighted by Crippen LogP contribution is -2.41. The minimum atomic E-state index is -0.362. The molecule has 0 bridgehead atoms. The van der Waals surface area contributed by atoms with Crippen LogP contribution in [-0.4, -0.2) is 25.3 Å². The fourth-order valence-electron chi connectivity index (χ4n) is 2.87. The Balaban J connectivity index is 2.01. The van der Waals surface area contributed by atoms with E-state index in [-0.39, 0.29) is 5.54 Å². The molecular weight excluding hydrogens is 248 g/mol. The van der Waals surface area contributed by atoms with Crippen LogP contribution in [0.15, 0.2) is 0 Å². The Morgan fingerprint density at radius 1 is 1.25 bits per heavy atom. The van der Waals surface area contributed by atoms with Gasteiger partial charge in [-0.3, -0.25) is 5.32 Å². The zero-order valence-corrected chi connectivity index (χ0v) is 13.4. The van der Waals surface area contributed by atoms with Crippen LogP contribution in [0.1, 0.15) is 71.6 Å². The highest BCUT2D eigenvalue weighted by molar-refractivity contribution is 5.03. The monoisotopic (exact) mass is 280 g/mol. The summed E-state index contributed by atoms with van der Waals surface area (Å²) in [4.78, 5) is 0. The van der Waals surface area contributed by atoms with Gasteiger partial charge in [-0.2, -0.15) is 5.26 Å². The lowest BCUT2D eigenvalue weighted by atomic mass is 9.90. The van der Waals surface area contributed by atoms with Crippen molar-refractivity contribution in [2.45, 2.75) is 77.2 Å². The summed E-state index contributed by atoms with van der Waals surface area (Å²) in [7, 11) is 0. The molecule has 1 unspecified atom stereocenters. The number of hydrogen-bond donors (Lipinski definition) is 1. The molecule has 0 spiro atoms. The Morgan fingerprint density at radius 2 is 2.00 bits per heavy atom. The molecule has 116 valence electrons. The molecule has 0 aromatic heterocycles. The lowest BCUT2D eigenvalue weighted by molar-refractivity contribution is 0.0818. The number of ether oxygens (including phenoxy) is 1. The topological polar surface area (TPSA) is 45.0 Å². The van der Waals surface area contributed by atoms with Crippen LogP contribution in [0, 0.1) is 17.2 Å². The van der Waals surface area contributed by atoms with Gasteiger partial charge >= 0.3 is 0 Å². The number of nitrogens with one attached hydrogen (secondary N) is 1. The third kappa shape index (κ3) is 7.26. The van der Waals surface area contributed by atoms with Crippen LogP contribution in [0.4, 0.5) is 0 Å². The van der Waals surface area contributed by atoms with Gasteiger partial charge in [0.15, 0.2) is 0 Å². The van der Waals surface area contributed by atoms with E-state index in [1.165, 1.54) is 32.1 Å². The molecule has 0 aromatic carbocycles. The zero-order chi connectivity index (χ0) is 14.7. The van der Waals surface area contributed by atoms with E-state index in [9.17, 15) is 5.26 Å². The molecule has 0 aliphatic heterocycles. The van der Waals surface area contributed by atoms with Gasteiger partial charge in [0.2, 0.25) is 0 Å². The van der Waals surface area contributed by atoms with Gasteiger partial charge in [-0.05, 0) is 57.9 Å². The molecular formula is C17H32N2O. The van der Waals surface area contributed by atoms with Crippen LogP contribution in [-0.2, 0) is 4.74 Å². The predicted molar refractivity (Wildman–Crippen MR) is 83.6 cm³/mol. The molecule has 1 aliphatic carbocycles. The van der Waals surface area contributed by atoms with Gasteiger partial charge < -0.3 is 4.74 Å². The first-order chi connectivity index (χ1) is 9.70. The molecule has 0 saturated heterocycles. The molecule has 1 atom stereocenters. The Labute approximate surface area is 125 Å². The van der Waals surface area contributed by atoms with Crippen molar-refractivity contribution < 1.29 is 4.74 Å². The molecule has 0 radical (unpaired) electrons. The number of unbranched alkanes of at least 4 members (excludes halogenated alkanes) is 1. The molecule has 1 N–H and O–H groups in total. The van der Waals surface area contributed by atoms with Crippen LogP contribution in [0.2, 0.25) is 0 Å². The maximum atomic E-state index is 9.24.